The number of fused-ring (bicyclic) bond motifs is 3. The SMILES string of the molecule is C[Si]C.[Cl-].[Cl-].[NH-]C(=O)C1CCCC1.[Zr+4].c1ccc2c(c1)[cH-]c1ccccc12. The second-order valence-corrected chi connectivity index (χ2v) is 7.16. The number of amides is 1. The molecule has 0 heterocycles. The van der Waals surface area contributed by atoms with Crippen LogP contribution in [0.5, 0.6) is 0 Å². The minimum atomic E-state index is -0.359. The van der Waals surface area contributed by atoms with Gasteiger partial charge in [0.15, 0.2) is 0 Å². The van der Waals surface area contributed by atoms with Crippen LogP contribution in [0.25, 0.3) is 27.3 Å². The van der Waals surface area contributed by atoms with Crippen molar-refractivity contribution in [2.24, 2.45) is 5.92 Å². The predicted octanol–water partition coefficient (Wildman–Crippen LogP) is 0.260. The maximum Gasteiger partial charge on any atom is 4.00 e. The van der Waals surface area contributed by atoms with Crippen LogP contribution in [0, 0.1) is 5.92 Å². The van der Waals surface area contributed by atoms with Crippen molar-refractivity contribution in [1.29, 1.82) is 0 Å². The summed E-state index contributed by atoms with van der Waals surface area (Å²) in [7, 11) is 1.08. The van der Waals surface area contributed by atoms with Gasteiger partial charge in [0.05, 0.1) is 5.91 Å². The van der Waals surface area contributed by atoms with E-state index in [9.17, 15) is 4.79 Å². The molecule has 0 aliphatic heterocycles. The van der Waals surface area contributed by atoms with E-state index < -0.39 is 0 Å². The van der Waals surface area contributed by atoms with E-state index in [0.717, 1.165) is 35.2 Å². The van der Waals surface area contributed by atoms with Crippen molar-refractivity contribution in [3.05, 3.63) is 60.3 Å². The molecule has 1 fully saturated rings. The van der Waals surface area contributed by atoms with Crippen molar-refractivity contribution in [2.45, 2.75) is 38.8 Å². The Kier molecular flexibility index (Phi) is 16.3. The van der Waals surface area contributed by atoms with Gasteiger partial charge in [0.1, 0.15) is 0 Å². The second kappa shape index (κ2) is 15.4. The fraction of sp³-hybridized carbons (Fsp3) is 0.333. The standard InChI is InChI=1S/C13H9.C6H11NO.C2H6Si.2ClH.Zr/c1-3-7-12-10(5-1)9-11-6-2-4-8-13(11)12;7-6(8)5-3-1-2-4-5;1-3-2;;;/h1-9H;5H,1-4H2,(H2,7,8);1-2H3;2*1H;/q-1;;;;;+4/p-3. The molecule has 2 radical (unpaired) electrons. The topological polar surface area (TPSA) is 40.9 Å². The van der Waals surface area contributed by atoms with Gasteiger partial charge in [-0.15, -0.1) is 39.7 Å². The van der Waals surface area contributed by atoms with Crippen molar-refractivity contribution >= 4 is 37.0 Å². The Hall–Kier alpha value is -0.540. The van der Waals surface area contributed by atoms with Crippen LogP contribution in [0.1, 0.15) is 25.7 Å². The minimum Gasteiger partial charge on any atom is -1.00 e. The number of halogens is 2. The maximum absolute atomic E-state index is 10.3. The average molecular weight is 498 g/mol. The number of carbonyl (C=O) groups is 1. The third-order valence-electron chi connectivity index (χ3n) is 4.25. The Morgan fingerprint density at radius 1 is 0.926 bits per heavy atom. The summed E-state index contributed by atoms with van der Waals surface area (Å²) in [5, 5.41) is 5.39. The fourth-order valence-electron chi connectivity index (χ4n) is 3.09. The smallest absolute Gasteiger partial charge is 1.00 e. The molecule has 142 valence electrons. The van der Waals surface area contributed by atoms with Crippen LogP contribution in [-0.2, 0) is 31.0 Å². The second-order valence-electron chi connectivity index (χ2n) is 6.16. The fourth-order valence-corrected chi connectivity index (χ4v) is 3.09. The van der Waals surface area contributed by atoms with E-state index in [4.69, 9.17) is 5.73 Å². The molecule has 0 atom stereocenters. The monoisotopic (exact) mass is 495 g/mol. The molecule has 1 saturated carbocycles. The average Bonchev–Trinajstić information content (AvgIpc) is 3.24. The van der Waals surface area contributed by atoms with Gasteiger partial charge in [-0.05, 0) is 12.8 Å². The van der Waals surface area contributed by atoms with Gasteiger partial charge < -0.3 is 35.3 Å². The maximum atomic E-state index is 10.3. The number of nitrogens with one attached hydrogen (secondary N) is 1. The molecule has 6 heteroatoms. The molecule has 0 spiro atoms. The molecule has 0 bridgehead atoms. The van der Waals surface area contributed by atoms with Crippen LogP contribution >= 0.6 is 0 Å². The van der Waals surface area contributed by atoms with E-state index in [1.165, 1.54) is 21.5 Å². The normalized spacial score (nSPS) is 12.4. The number of carbonyl (C=O) groups excluding carboxylic acids is 1. The van der Waals surface area contributed by atoms with Crippen LogP contribution in [0.3, 0.4) is 0 Å². The number of hydrogen-bond acceptors (Lipinski definition) is 1. The van der Waals surface area contributed by atoms with Gasteiger partial charge in [-0.1, -0.05) is 62.3 Å². The van der Waals surface area contributed by atoms with Gasteiger partial charge in [0.25, 0.3) is 0 Å². The zero-order valence-electron chi connectivity index (χ0n) is 15.8. The first-order chi connectivity index (χ1) is 11.7. The summed E-state index contributed by atoms with van der Waals surface area (Å²) < 4.78 is 0. The summed E-state index contributed by atoms with van der Waals surface area (Å²) in [5.74, 6) is -0.266. The molecule has 3 aromatic rings. The molecule has 2 nitrogen and oxygen atoms in total. The van der Waals surface area contributed by atoms with Crippen LogP contribution in [-0.4, -0.2) is 15.4 Å². The largest absolute Gasteiger partial charge is 4.00 e. The van der Waals surface area contributed by atoms with Gasteiger partial charge in [-0.2, -0.15) is 0 Å². The molecule has 3 aromatic carbocycles. The van der Waals surface area contributed by atoms with E-state index >= 15 is 0 Å². The Balaban J connectivity index is 0. The van der Waals surface area contributed by atoms with Crippen LogP contribution in [0.4, 0.5) is 0 Å². The van der Waals surface area contributed by atoms with Crippen molar-refractivity contribution < 1.29 is 55.8 Å². The van der Waals surface area contributed by atoms with E-state index in [1.54, 1.807) is 0 Å². The van der Waals surface area contributed by atoms with Crippen molar-refractivity contribution in [3.8, 4) is 0 Å². The summed E-state index contributed by atoms with van der Waals surface area (Å²) in [6.45, 7) is 4.31. The van der Waals surface area contributed by atoms with Crippen molar-refractivity contribution in [3.63, 3.8) is 0 Å². The van der Waals surface area contributed by atoms with Crippen LogP contribution in [0.15, 0.2) is 54.6 Å². The first kappa shape index (κ1) is 28.7. The molecule has 0 saturated heterocycles. The molecule has 27 heavy (non-hydrogen) atoms. The Bertz CT molecular complexity index is 738. The predicted molar refractivity (Wildman–Crippen MR) is 106 cm³/mol. The summed E-state index contributed by atoms with van der Waals surface area (Å²) >= 11 is 0. The molecule has 0 unspecified atom stereocenters. The molecule has 0 aromatic heterocycles. The number of hydrogen-bond donors (Lipinski definition) is 0. The molecule has 4 rings (SSSR count). The molecular weight excluding hydrogens is 472 g/mol. The number of rotatable bonds is 1. The van der Waals surface area contributed by atoms with Gasteiger partial charge in [-0.25, -0.2) is 0 Å². The molecule has 1 aliphatic rings. The third kappa shape index (κ3) is 8.56. The minimum absolute atomic E-state index is 0. The Labute approximate surface area is 196 Å². The Morgan fingerprint density at radius 3 is 1.63 bits per heavy atom. The van der Waals surface area contributed by atoms with Crippen LogP contribution in [0.2, 0.25) is 13.1 Å². The van der Waals surface area contributed by atoms with E-state index in [-0.39, 0.29) is 62.8 Å². The Morgan fingerprint density at radius 2 is 1.30 bits per heavy atom. The van der Waals surface area contributed by atoms with Gasteiger partial charge >= 0.3 is 26.2 Å². The quantitative estimate of drug-likeness (QED) is 0.351. The first-order valence-electron chi connectivity index (χ1n) is 8.54. The molecule has 1 aliphatic carbocycles. The molecular formula is C21H25Cl2NOSiZr. The first-order valence-corrected chi connectivity index (χ1v) is 10.5. The summed E-state index contributed by atoms with van der Waals surface area (Å²) in [6.07, 6.45) is 4.22. The number of benzene rings is 2. The van der Waals surface area contributed by atoms with Crippen molar-refractivity contribution in [1.82, 2.24) is 0 Å². The van der Waals surface area contributed by atoms with Crippen LogP contribution < -0.4 is 24.8 Å². The van der Waals surface area contributed by atoms with Gasteiger partial charge in [0, 0.05) is 15.4 Å². The van der Waals surface area contributed by atoms with Crippen molar-refractivity contribution in [2.75, 3.05) is 0 Å². The van der Waals surface area contributed by atoms with Gasteiger partial charge in [0.2, 0.25) is 0 Å². The van der Waals surface area contributed by atoms with E-state index in [1.807, 2.05) is 0 Å². The van der Waals surface area contributed by atoms with Gasteiger partial charge in [-0.3, -0.25) is 0 Å². The summed E-state index contributed by atoms with van der Waals surface area (Å²) in [5.41, 5.74) is 6.74. The molecule has 1 amide bonds. The van der Waals surface area contributed by atoms with E-state index in [0.29, 0.717) is 0 Å². The van der Waals surface area contributed by atoms with E-state index in [2.05, 4.69) is 67.7 Å². The summed E-state index contributed by atoms with van der Waals surface area (Å²) in [6, 6.07) is 19.3. The summed E-state index contributed by atoms with van der Waals surface area (Å²) in [4.78, 5) is 10.3. The third-order valence-corrected chi connectivity index (χ3v) is 4.25. The zero-order chi connectivity index (χ0) is 17.4. The zero-order valence-corrected chi connectivity index (χ0v) is 20.7. The molecule has 1 N–H and O–H groups in total.